The molecule has 1 amide bonds. The van der Waals surface area contributed by atoms with Crippen LogP contribution in [0.2, 0.25) is 0 Å². The third kappa shape index (κ3) is 6.25. The van der Waals surface area contributed by atoms with Crippen molar-refractivity contribution in [1.82, 2.24) is 4.90 Å². The number of fused-ring (bicyclic) bond motifs is 1. The van der Waals surface area contributed by atoms with Gasteiger partial charge in [-0.05, 0) is 94.0 Å². The Morgan fingerprint density at radius 3 is 2.47 bits per heavy atom. The molecule has 0 saturated carbocycles. The standard InChI is InChI=1S/C24H31BrN2O4S/c1-5-14-27(23(28)31-24(2,3)4)21-11-7-17-15-20(10-6-18(17)16-21)26-32(29,30)22-12-8-19(25)9-13-22/h6,8-10,12-13,15,21,26H,5,7,11,14,16H2,1-4H3/t21-/m1/s1. The van der Waals surface area contributed by atoms with E-state index in [4.69, 9.17) is 4.74 Å². The first-order valence-corrected chi connectivity index (χ1v) is 13.2. The van der Waals surface area contributed by atoms with Crippen molar-refractivity contribution in [2.24, 2.45) is 0 Å². The lowest BCUT2D eigenvalue weighted by Gasteiger charge is -2.36. The molecular weight excluding hydrogens is 492 g/mol. The largest absolute Gasteiger partial charge is 0.444 e. The van der Waals surface area contributed by atoms with E-state index in [1.54, 1.807) is 30.3 Å². The van der Waals surface area contributed by atoms with Gasteiger partial charge in [-0.3, -0.25) is 4.72 Å². The summed E-state index contributed by atoms with van der Waals surface area (Å²) >= 11 is 3.32. The number of ether oxygens (including phenoxy) is 1. The van der Waals surface area contributed by atoms with Crippen LogP contribution in [0, 0.1) is 0 Å². The number of aryl methyl sites for hydroxylation is 1. The van der Waals surface area contributed by atoms with Gasteiger partial charge in [0.1, 0.15) is 5.60 Å². The van der Waals surface area contributed by atoms with Gasteiger partial charge in [0.2, 0.25) is 0 Å². The monoisotopic (exact) mass is 522 g/mol. The summed E-state index contributed by atoms with van der Waals surface area (Å²) in [6, 6.07) is 12.3. The number of hydrogen-bond acceptors (Lipinski definition) is 4. The maximum Gasteiger partial charge on any atom is 0.410 e. The van der Waals surface area contributed by atoms with Crippen molar-refractivity contribution in [1.29, 1.82) is 0 Å². The molecule has 2 aromatic carbocycles. The Morgan fingerprint density at radius 2 is 1.84 bits per heavy atom. The molecule has 0 aliphatic heterocycles. The zero-order valence-electron chi connectivity index (χ0n) is 19.0. The number of carbonyl (C=O) groups excluding carboxylic acids is 1. The lowest BCUT2D eigenvalue weighted by atomic mass is 9.87. The summed E-state index contributed by atoms with van der Waals surface area (Å²) in [5.74, 6) is 0. The fourth-order valence-corrected chi connectivity index (χ4v) is 5.19. The van der Waals surface area contributed by atoms with E-state index in [9.17, 15) is 13.2 Å². The first-order valence-electron chi connectivity index (χ1n) is 10.9. The summed E-state index contributed by atoms with van der Waals surface area (Å²) in [4.78, 5) is 14.8. The number of amides is 1. The molecule has 174 valence electrons. The summed E-state index contributed by atoms with van der Waals surface area (Å²) in [7, 11) is -3.66. The molecule has 0 unspecified atom stereocenters. The minimum Gasteiger partial charge on any atom is -0.444 e. The molecule has 0 spiro atoms. The van der Waals surface area contributed by atoms with Gasteiger partial charge in [0, 0.05) is 22.7 Å². The molecule has 1 atom stereocenters. The quantitative estimate of drug-likeness (QED) is 0.523. The number of hydrogen-bond donors (Lipinski definition) is 1. The van der Waals surface area contributed by atoms with Gasteiger partial charge >= 0.3 is 6.09 Å². The van der Waals surface area contributed by atoms with Gasteiger partial charge in [0.15, 0.2) is 0 Å². The maximum absolute atomic E-state index is 12.8. The molecule has 0 fully saturated rings. The fraction of sp³-hybridized carbons (Fsp3) is 0.458. The summed E-state index contributed by atoms with van der Waals surface area (Å²) in [5.41, 5.74) is 2.26. The molecule has 0 radical (unpaired) electrons. The zero-order chi connectivity index (χ0) is 23.5. The Labute approximate surface area is 199 Å². The highest BCUT2D eigenvalue weighted by molar-refractivity contribution is 9.10. The molecular formula is C24H31BrN2O4S. The topological polar surface area (TPSA) is 75.7 Å². The van der Waals surface area contributed by atoms with Crippen molar-refractivity contribution in [2.45, 2.75) is 69.9 Å². The van der Waals surface area contributed by atoms with Crippen LogP contribution in [-0.4, -0.2) is 37.6 Å². The number of carbonyl (C=O) groups is 1. The van der Waals surface area contributed by atoms with Crippen LogP contribution in [0.3, 0.4) is 0 Å². The van der Waals surface area contributed by atoms with Crippen molar-refractivity contribution < 1.29 is 17.9 Å². The molecule has 6 nitrogen and oxygen atoms in total. The third-order valence-corrected chi connectivity index (χ3v) is 7.24. The van der Waals surface area contributed by atoms with Crippen LogP contribution >= 0.6 is 15.9 Å². The SMILES string of the molecule is CCCN(C(=O)OC(C)(C)C)[C@@H]1CCc2cc(NS(=O)(=O)c3ccc(Br)cc3)ccc2C1. The molecule has 0 heterocycles. The van der Waals surface area contributed by atoms with Crippen LogP contribution in [0.15, 0.2) is 51.8 Å². The molecule has 1 aliphatic carbocycles. The van der Waals surface area contributed by atoms with Crippen LogP contribution in [0.5, 0.6) is 0 Å². The molecule has 8 heteroatoms. The van der Waals surface area contributed by atoms with E-state index in [1.165, 1.54) is 0 Å². The number of benzene rings is 2. The molecule has 2 aromatic rings. The number of nitrogens with one attached hydrogen (secondary N) is 1. The first-order chi connectivity index (χ1) is 15.0. The average molecular weight is 523 g/mol. The van der Waals surface area contributed by atoms with E-state index < -0.39 is 15.6 Å². The van der Waals surface area contributed by atoms with Gasteiger partial charge in [0.05, 0.1) is 4.90 Å². The summed E-state index contributed by atoms with van der Waals surface area (Å²) in [6.45, 7) is 8.34. The van der Waals surface area contributed by atoms with Crippen molar-refractivity contribution in [3.63, 3.8) is 0 Å². The van der Waals surface area contributed by atoms with Gasteiger partial charge in [-0.15, -0.1) is 0 Å². The minimum atomic E-state index is -3.66. The third-order valence-electron chi connectivity index (χ3n) is 5.32. The second-order valence-electron chi connectivity index (χ2n) is 9.11. The first kappa shape index (κ1) is 24.6. The zero-order valence-corrected chi connectivity index (χ0v) is 21.4. The predicted octanol–water partition coefficient (Wildman–Crippen LogP) is 5.75. The van der Waals surface area contributed by atoms with Crippen molar-refractivity contribution >= 4 is 37.7 Å². The Hall–Kier alpha value is -2.06. The Morgan fingerprint density at radius 1 is 1.16 bits per heavy atom. The van der Waals surface area contributed by atoms with Crippen LogP contribution in [0.25, 0.3) is 0 Å². The van der Waals surface area contributed by atoms with E-state index in [0.29, 0.717) is 12.2 Å². The number of rotatable bonds is 6. The Bertz CT molecular complexity index is 1060. The predicted molar refractivity (Wildman–Crippen MR) is 130 cm³/mol. The maximum atomic E-state index is 12.8. The lowest BCUT2D eigenvalue weighted by molar-refractivity contribution is 0.0146. The minimum absolute atomic E-state index is 0.0719. The van der Waals surface area contributed by atoms with Gasteiger partial charge in [-0.1, -0.05) is 28.9 Å². The van der Waals surface area contributed by atoms with E-state index >= 15 is 0 Å². The smallest absolute Gasteiger partial charge is 0.410 e. The molecule has 3 rings (SSSR count). The van der Waals surface area contributed by atoms with E-state index in [2.05, 4.69) is 27.6 Å². The Kier molecular flexibility index (Phi) is 7.55. The average Bonchev–Trinajstić information content (AvgIpc) is 2.70. The van der Waals surface area contributed by atoms with Crippen LogP contribution in [-0.2, 0) is 27.6 Å². The summed E-state index contributed by atoms with van der Waals surface area (Å²) in [5, 5.41) is 0. The number of halogens is 1. The molecule has 0 bridgehead atoms. The fourth-order valence-electron chi connectivity index (χ4n) is 3.88. The summed E-state index contributed by atoms with van der Waals surface area (Å²) in [6.07, 6.45) is 2.91. The summed E-state index contributed by atoms with van der Waals surface area (Å²) < 4.78 is 34.5. The van der Waals surface area contributed by atoms with Gasteiger partial charge < -0.3 is 9.64 Å². The lowest BCUT2D eigenvalue weighted by Crippen LogP contribution is -2.46. The molecule has 1 aliphatic rings. The molecule has 1 N–H and O–H groups in total. The van der Waals surface area contributed by atoms with Gasteiger partial charge in [0.25, 0.3) is 10.0 Å². The highest BCUT2D eigenvalue weighted by Crippen LogP contribution is 2.29. The number of sulfonamides is 1. The second-order valence-corrected chi connectivity index (χ2v) is 11.7. The van der Waals surface area contributed by atoms with Crippen LogP contribution in [0.4, 0.5) is 10.5 Å². The van der Waals surface area contributed by atoms with Crippen LogP contribution < -0.4 is 4.72 Å². The van der Waals surface area contributed by atoms with E-state index in [-0.39, 0.29) is 17.0 Å². The van der Waals surface area contributed by atoms with Gasteiger partial charge in [-0.25, -0.2) is 13.2 Å². The highest BCUT2D eigenvalue weighted by atomic mass is 79.9. The molecule has 0 aromatic heterocycles. The molecule has 32 heavy (non-hydrogen) atoms. The van der Waals surface area contributed by atoms with Crippen molar-refractivity contribution in [3.8, 4) is 0 Å². The molecule has 0 saturated heterocycles. The normalized spacial score (nSPS) is 16.2. The Balaban J connectivity index is 1.74. The number of nitrogens with zero attached hydrogens (tertiary/aromatic N) is 1. The van der Waals surface area contributed by atoms with Crippen LogP contribution in [0.1, 0.15) is 51.7 Å². The highest BCUT2D eigenvalue weighted by Gasteiger charge is 2.30. The van der Waals surface area contributed by atoms with E-state index in [0.717, 1.165) is 41.3 Å². The second kappa shape index (κ2) is 9.83. The van der Waals surface area contributed by atoms with Gasteiger partial charge in [-0.2, -0.15) is 0 Å². The van der Waals surface area contributed by atoms with Crippen molar-refractivity contribution in [2.75, 3.05) is 11.3 Å². The number of anilines is 1. The van der Waals surface area contributed by atoms with E-state index in [1.807, 2.05) is 37.8 Å². The van der Waals surface area contributed by atoms with Crippen molar-refractivity contribution in [3.05, 3.63) is 58.1 Å².